The molecule has 1 N–H and O–H groups in total. The molecule has 0 spiro atoms. The predicted molar refractivity (Wildman–Crippen MR) is 79.2 cm³/mol. The van der Waals surface area contributed by atoms with Crippen molar-refractivity contribution in [1.29, 1.82) is 0 Å². The Labute approximate surface area is 117 Å². The summed E-state index contributed by atoms with van der Waals surface area (Å²) >= 11 is 0. The third-order valence-electron chi connectivity index (χ3n) is 3.82. The van der Waals surface area contributed by atoms with Crippen molar-refractivity contribution in [2.75, 3.05) is 26.2 Å². The average molecular weight is 264 g/mol. The smallest absolute Gasteiger partial charge is 0.0522 e. The number of rotatable bonds is 6. The van der Waals surface area contributed by atoms with Crippen LogP contribution < -0.4 is 5.32 Å². The third-order valence-corrected chi connectivity index (χ3v) is 3.82. The molecule has 0 amide bonds. The Kier molecular flexibility index (Phi) is 5.40. The Morgan fingerprint density at radius 2 is 2.11 bits per heavy atom. The number of nitrogens with zero attached hydrogens (tertiary/aromatic N) is 3. The first-order chi connectivity index (χ1) is 9.13. The van der Waals surface area contributed by atoms with Gasteiger partial charge in [0, 0.05) is 25.8 Å². The van der Waals surface area contributed by atoms with Crippen LogP contribution in [0.25, 0.3) is 0 Å². The van der Waals surface area contributed by atoms with Crippen molar-refractivity contribution in [2.24, 2.45) is 13.0 Å². The van der Waals surface area contributed by atoms with Crippen molar-refractivity contribution in [3.8, 4) is 0 Å². The molecule has 0 unspecified atom stereocenters. The number of aryl methyl sites for hydroxylation is 1. The molecule has 0 aromatic carbocycles. The second-order valence-electron chi connectivity index (χ2n) is 6.20. The normalized spacial score (nSPS) is 18.3. The largest absolute Gasteiger partial charge is 0.314 e. The Bertz CT molecular complexity index is 364. The lowest BCUT2D eigenvalue weighted by Crippen LogP contribution is -2.44. The van der Waals surface area contributed by atoms with E-state index in [0.29, 0.717) is 6.04 Å². The minimum Gasteiger partial charge on any atom is -0.314 e. The van der Waals surface area contributed by atoms with Crippen molar-refractivity contribution >= 4 is 0 Å². The number of piperidine rings is 1. The van der Waals surface area contributed by atoms with Crippen LogP contribution in [0.3, 0.4) is 0 Å². The zero-order chi connectivity index (χ0) is 13.7. The number of nitrogens with one attached hydrogen (secondary N) is 1. The summed E-state index contributed by atoms with van der Waals surface area (Å²) in [5, 5.41) is 7.89. The van der Waals surface area contributed by atoms with Crippen LogP contribution in [0, 0.1) is 5.92 Å². The number of likely N-dealkylation sites (tertiary alicyclic amines) is 1. The van der Waals surface area contributed by atoms with Crippen LogP contribution >= 0.6 is 0 Å². The van der Waals surface area contributed by atoms with E-state index in [4.69, 9.17) is 0 Å². The molecule has 1 aliphatic heterocycles. The zero-order valence-corrected chi connectivity index (χ0v) is 12.6. The van der Waals surface area contributed by atoms with Crippen LogP contribution in [-0.4, -0.2) is 46.9 Å². The first-order valence-corrected chi connectivity index (χ1v) is 7.56. The van der Waals surface area contributed by atoms with Gasteiger partial charge in [0.05, 0.1) is 6.20 Å². The molecule has 0 saturated carbocycles. The van der Waals surface area contributed by atoms with E-state index in [1.165, 1.54) is 38.0 Å². The maximum absolute atomic E-state index is 4.20. The van der Waals surface area contributed by atoms with Gasteiger partial charge in [0.15, 0.2) is 0 Å². The monoisotopic (exact) mass is 264 g/mol. The van der Waals surface area contributed by atoms with Gasteiger partial charge in [0.2, 0.25) is 0 Å². The van der Waals surface area contributed by atoms with Crippen LogP contribution in [0.15, 0.2) is 12.4 Å². The second kappa shape index (κ2) is 7.06. The highest BCUT2D eigenvalue weighted by atomic mass is 15.2. The highest BCUT2D eigenvalue weighted by Gasteiger charge is 2.18. The number of hydrogen-bond donors (Lipinski definition) is 1. The molecule has 19 heavy (non-hydrogen) atoms. The Hall–Kier alpha value is -0.870. The third kappa shape index (κ3) is 4.96. The van der Waals surface area contributed by atoms with Gasteiger partial charge in [-0.2, -0.15) is 5.10 Å². The Morgan fingerprint density at radius 3 is 2.68 bits per heavy atom. The highest BCUT2D eigenvalue weighted by molar-refractivity contribution is 5.03. The van der Waals surface area contributed by atoms with Gasteiger partial charge in [-0.25, -0.2) is 0 Å². The van der Waals surface area contributed by atoms with E-state index in [9.17, 15) is 0 Å². The fourth-order valence-corrected chi connectivity index (χ4v) is 2.86. The minimum absolute atomic E-state index is 0.708. The summed E-state index contributed by atoms with van der Waals surface area (Å²) in [4.78, 5) is 2.60. The molecule has 1 aromatic heterocycles. The molecular weight excluding hydrogens is 236 g/mol. The first kappa shape index (κ1) is 14.5. The van der Waals surface area contributed by atoms with E-state index in [1.807, 2.05) is 17.9 Å². The van der Waals surface area contributed by atoms with Crippen molar-refractivity contribution in [1.82, 2.24) is 20.0 Å². The standard InChI is InChI=1S/C15H28N4/c1-13(2)11-19-8-5-15(6-9-19)16-7-4-14-10-17-18(3)12-14/h10,12-13,15-16H,4-9,11H2,1-3H3. The van der Waals surface area contributed by atoms with Gasteiger partial charge in [-0.15, -0.1) is 0 Å². The quantitative estimate of drug-likeness (QED) is 0.848. The van der Waals surface area contributed by atoms with E-state index >= 15 is 0 Å². The summed E-state index contributed by atoms with van der Waals surface area (Å²) in [5.74, 6) is 0.787. The zero-order valence-electron chi connectivity index (χ0n) is 12.6. The minimum atomic E-state index is 0.708. The molecule has 0 atom stereocenters. The van der Waals surface area contributed by atoms with Gasteiger partial charge in [-0.05, 0) is 50.4 Å². The van der Waals surface area contributed by atoms with Crippen LogP contribution in [0.5, 0.6) is 0 Å². The van der Waals surface area contributed by atoms with Crippen molar-refractivity contribution in [3.63, 3.8) is 0 Å². The van der Waals surface area contributed by atoms with Gasteiger partial charge in [-0.1, -0.05) is 13.8 Å². The van der Waals surface area contributed by atoms with E-state index < -0.39 is 0 Å². The number of hydrogen-bond acceptors (Lipinski definition) is 3. The van der Waals surface area contributed by atoms with Gasteiger partial charge >= 0.3 is 0 Å². The molecule has 0 bridgehead atoms. The van der Waals surface area contributed by atoms with Crippen molar-refractivity contribution in [3.05, 3.63) is 18.0 Å². The summed E-state index contributed by atoms with van der Waals surface area (Å²) in [5.41, 5.74) is 1.33. The molecule has 0 aliphatic carbocycles. The lowest BCUT2D eigenvalue weighted by molar-refractivity contribution is 0.180. The van der Waals surface area contributed by atoms with Crippen LogP contribution in [0.2, 0.25) is 0 Å². The molecule has 108 valence electrons. The molecule has 4 nitrogen and oxygen atoms in total. The van der Waals surface area contributed by atoms with Crippen LogP contribution in [0.4, 0.5) is 0 Å². The van der Waals surface area contributed by atoms with Gasteiger partial charge < -0.3 is 10.2 Å². The van der Waals surface area contributed by atoms with Crippen LogP contribution in [0.1, 0.15) is 32.3 Å². The van der Waals surface area contributed by atoms with E-state index in [-0.39, 0.29) is 0 Å². The molecule has 4 heteroatoms. The van der Waals surface area contributed by atoms with E-state index in [0.717, 1.165) is 18.9 Å². The van der Waals surface area contributed by atoms with Gasteiger partial charge in [0.1, 0.15) is 0 Å². The van der Waals surface area contributed by atoms with E-state index in [1.54, 1.807) is 0 Å². The molecule has 1 fully saturated rings. The SMILES string of the molecule is CC(C)CN1CCC(NCCc2cnn(C)c2)CC1. The Morgan fingerprint density at radius 1 is 1.37 bits per heavy atom. The molecule has 1 saturated heterocycles. The topological polar surface area (TPSA) is 33.1 Å². The van der Waals surface area contributed by atoms with Crippen molar-refractivity contribution < 1.29 is 0 Å². The van der Waals surface area contributed by atoms with E-state index in [2.05, 4.69) is 35.4 Å². The fourth-order valence-electron chi connectivity index (χ4n) is 2.86. The molecular formula is C15H28N4. The van der Waals surface area contributed by atoms with Gasteiger partial charge in [0.25, 0.3) is 0 Å². The maximum atomic E-state index is 4.20. The summed E-state index contributed by atoms with van der Waals surface area (Å²) < 4.78 is 1.87. The second-order valence-corrected chi connectivity index (χ2v) is 6.20. The Balaban J connectivity index is 1.60. The molecule has 0 radical (unpaired) electrons. The number of aromatic nitrogens is 2. The lowest BCUT2D eigenvalue weighted by atomic mass is 10.0. The van der Waals surface area contributed by atoms with Gasteiger partial charge in [-0.3, -0.25) is 4.68 Å². The average Bonchev–Trinajstić information content (AvgIpc) is 2.77. The summed E-state index contributed by atoms with van der Waals surface area (Å²) in [6.45, 7) is 9.44. The summed E-state index contributed by atoms with van der Waals surface area (Å²) in [6, 6.07) is 0.708. The summed E-state index contributed by atoms with van der Waals surface area (Å²) in [7, 11) is 1.97. The molecule has 2 rings (SSSR count). The molecule has 1 aliphatic rings. The lowest BCUT2D eigenvalue weighted by Gasteiger charge is -2.33. The maximum Gasteiger partial charge on any atom is 0.0522 e. The van der Waals surface area contributed by atoms with Crippen molar-refractivity contribution in [2.45, 2.75) is 39.2 Å². The summed E-state index contributed by atoms with van der Waals surface area (Å²) in [6.07, 6.45) is 7.74. The molecule has 2 heterocycles. The fraction of sp³-hybridized carbons (Fsp3) is 0.800. The first-order valence-electron chi connectivity index (χ1n) is 7.56. The highest BCUT2D eigenvalue weighted by Crippen LogP contribution is 2.12. The predicted octanol–water partition coefficient (Wildman–Crippen LogP) is 1.67. The molecule has 1 aromatic rings. The van der Waals surface area contributed by atoms with Crippen LogP contribution in [-0.2, 0) is 13.5 Å².